The molecule has 37 heavy (non-hydrogen) atoms. The summed E-state index contributed by atoms with van der Waals surface area (Å²) in [7, 11) is 0. The monoisotopic (exact) mass is 488 g/mol. The van der Waals surface area contributed by atoms with Crippen LogP contribution in [0.1, 0.15) is 26.2 Å². The van der Waals surface area contributed by atoms with Gasteiger partial charge in [0.1, 0.15) is 5.69 Å². The van der Waals surface area contributed by atoms with Crippen LogP contribution in [0.4, 0.5) is 5.69 Å². The van der Waals surface area contributed by atoms with Crippen molar-refractivity contribution in [3.63, 3.8) is 0 Å². The van der Waals surface area contributed by atoms with E-state index >= 15 is 0 Å². The molecule has 0 atom stereocenters. The highest BCUT2D eigenvalue weighted by atomic mass is 16.1. The number of fused-ring (bicyclic) bond motifs is 2. The number of anilines is 1. The largest absolute Gasteiger partial charge is 0.337 e. The molecular weight excluding hydrogens is 464 g/mol. The number of imidazole rings is 1. The van der Waals surface area contributed by atoms with Gasteiger partial charge < -0.3 is 10.3 Å². The molecule has 5 aromatic heterocycles. The third-order valence-corrected chi connectivity index (χ3v) is 6.26. The van der Waals surface area contributed by atoms with Gasteiger partial charge in [-0.3, -0.25) is 19.9 Å². The van der Waals surface area contributed by atoms with Gasteiger partial charge in [0.2, 0.25) is 5.91 Å². The van der Waals surface area contributed by atoms with Crippen LogP contribution in [0.5, 0.6) is 0 Å². The smallest absolute Gasteiger partial charge is 0.224 e. The topological polar surface area (TPSA) is 125 Å². The van der Waals surface area contributed by atoms with Crippen LogP contribution in [0.15, 0.2) is 73.4 Å². The number of nitrogens with zero attached hydrogens (tertiary/aromatic N) is 5. The first-order chi connectivity index (χ1) is 18.2. The molecular formula is C28H24N8O. The van der Waals surface area contributed by atoms with Crippen molar-refractivity contribution in [3.8, 4) is 33.8 Å². The molecule has 0 aliphatic carbocycles. The van der Waals surface area contributed by atoms with Crippen LogP contribution in [0, 0.1) is 0 Å². The molecule has 1 amide bonds. The summed E-state index contributed by atoms with van der Waals surface area (Å²) in [4.78, 5) is 33.5. The Morgan fingerprint density at radius 2 is 1.84 bits per heavy atom. The number of hydrogen-bond acceptors (Lipinski definition) is 6. The minimum Gasteiger partial charge on any atom is -0.337 e. The van der Waals surface area contributed by atoms with Crippen molar-refractivity contribution in [1.29, 1.82) is 0 Å². The Balaban J connectivity index is 1.37. The molecule has 0 fully saturated rings. The number of carbonyl (C=O) groups is 1. The van der Waals surface area contributed by atoms with Crippen LogP contribution >= 0.6 is 0 Å². The van der Waals surface area contributed by atoms with Gasteiger partial charge in [-0.05, 0) is 42.3 Å². The van der Waals surface area contributed by atoms with E-state index in [2.05, 4.69) is 42.4 Å². The highest BCUT2D eigenvalue weighted by molar-refractivity contribution is 5.97. The standard InChI is InChI=1S/C28H24N8O/c1-2-3-7-24(37)32-20-12-18(14-30-16-20)19-13-22-26(35-36-27(22)31-15-19)28-33-23-6-4-5-21(25(23)34-28)17-8-10-29-11-9-17/h4-6,8-16H,2-3,7H2,1H3,(H,32,37)(H,33,34)(H,31,35,36). The zero-order valence-corrected chi connectivity index (χ0v) is 20.2. The summed E-state index contributed by atoms with van der Waals surface area (Å²) in [5.41, 5.74) is 7.55. The molecule has 0 spiro atoms. The lowest BCUT2D eigenvalue weighted by Gasteiger charge is -2.07. The first-order valence-electron chi connectivity index (χ1n) is 12.2. The van der Waals surface area contributed by atoms with Gasteiger partial charge in [0.05, 0.1) is 28.3 Å². The Kier molecular flexibility index (Phi) is 5.86. The van der Waals surface area contributed by atoms with Gasteiger partial charge in [-0.25, -0.2) is 9.97 Å². The van der Waals surface area contributed by atoms with Gasteiger partial charge in [0.15, 0.2) is 11.5 Å². The van der Waals surface area contributed by atoms with Crippen molar-refractivity contribution >= 4 is 33.7 Å². The number of unbranched alkanes of at least 4 members (excludes halogenated alkanes) is 1. The fourth-order valence-electron chi connectivity index (χ4n) is 4.38. The second-order valence-corrected chi connectivity index (χ2v) is 8.83. The average molecular weight is 489 g/mol. The van der Waals surface area contributed by atoms with Crippen molar-refractivity contribution < 1.29 is 4.79 Å². The number of nitrogens with one attached hydrogen (secondary N) is 3. The molecule has 0 saturated heterocycles. The second kappa shape index (κ2) is 9.62. The highest BCUT2D eigenvalue weighted by Gasteiger charge is 2.16. The Morgan fingerprint density at radius 3 is 2.70 bits per heavy atom. The second-order valence-electron chi connectivity index (χ2n) is 8.83. The normalized spacial score (nSPS) is 11.3. The lowest BCUT2D eigenvalue weighted by atomic mass is 10.1. The van der Waals surface area contributed by atoms with Gasteiger partial charge in [0.25, 0.3) is 0 Å². The molecule has 6 rings (SSSR count). The SMILES string of the molecule is CCCCC(=O)Nc1cncc(-c2cnc3[nH]nc(-c4nc5c(-c6ccncc6)cccc5[nH]4)c3c2)c1. The van der Waals surface area contributed by atoms with E-state index < -0.39 is 0 Å². The molecule has 0 radical (unpaired) electrons. The number of rotatable bonds is 7. The zero-order valence-electron chi connectivity index (χ0n) is 20.2. The van der Waals surface area contributed by atoms with Crippen LogP contribution in [-0.2, 0) is 4.79 Å². The van der Waals surface area contributed by atoms with Crippen LogP contribution in [0.3, 0.4) is 0 Å². The summed E-state index contributed by atoms with van der Waals surface area (Å²) in [5, 5.41) is 11.3. The molecule has 0 aliphatic rings. The van der Waals surface area contributed by atoms with Gasteiger partial charge >= 0.3 is 0 Å². The van der Waals surface area contributed by atoms with Gasteiger partial charge in [-0.1, -0.05) is 25.5 Å². The van der Waals surface area contributed by atoms with Crippen molar-refractivity contribution in [2.45, 2.75) is 26.2 Å². The Hall–Kier alpha value is -4.92. The number of H-pyrrole nitrogens is 2. The van der Waals surface area contributed by atoms with Crippen molar-refractivity contribution in [2.24, 2.45) is 0 Å². The summed E-state index contributed by atoms with van der Waals surface area (Å²) in [6.07, 6.45) is 11.0. The summed E-state index contributed by atoms with van der Waals surface area (Å²) >= 11 is 0. The summed E-state index contributed by atoms with van der Waals surface area (Å²) in [6.45, 7) is 2.06. The minimum absolute atomic E-state index is 0.0116. The maximum absolute atomic E-state index is 12.2. The third-order valence-electron chi connectivity index (χ3n) is 6.26. The zero-order chi connectivity index (χ0) is 25.2. The summed E-state index contributed by atoms with van der Waals surface area (Å²) in [6, 6.07) is 13.9. The number of hydrogen-bond donors (Lipinski definition) is 3. The average Bonchev–Trinajstić information content (AvgIpc) is 3.56. The summed E-state index contributed by atoms with van der Waals surface area (Å²) < 4.78 is 0. The van der Waals surface area contributed by atoms with Crippen LogP contribution in [0.25, 0.3) is 55.8 Å². The Labute approximate surface area is 212 Å². The number of benzene rings is 1. The van der Waals surface area contributed by atoms with E-state index in [1.165, 1.54) is 0 Å². The van der Waals surface area contributed by atoms with E-state index in [0.29, 0.717) is 29.3 Å². The maximum atomic E-state index is 12.2. The molecule has 6 aromatic rings. The maximum Gasteiger partial charge on any atom is 0.224 e. The number of pyridine rings is 3. The van der Waals surface area contributed by atoms with Crippen molar-refractivity contribution in [3.05, 3.63) is 73.4 Å². The molecule has 5 heterocycles. The third kappa shape index (κ3) is 4.42. The van der Waals surface area contributed by atoms with Crippen LogP contribution in [-0.4, -0.2) is 41.0 Å². The van der Waals surface area contributed by atoms with Crippen molar-refractivity contribution in [1.82, 2.24) is 35.1 Å². The van der Waals surface area contributed by atoms with Gasteiger partial charge in [-0.2, -0.15) is 5.10 Å². The van der Waals surface area contributed by atoms with E-state index in [0.717, 1.165) is 51.5 Å². The van der Waals surface area contributed by atoms with E-state index in [1.54, 1.807) is 31.0 Å². The first kappa shape index (κ1) is 22.5. The van der Waals surface area contributed by atoms with Crippen LogP contribution < -0.4 is 5.32 Å². The fourth-order valence-corrected chi connectivity index (χ4v) is 4.38. The molecule has 3 N–H and O–H groups in total. The van der Waals surface area contributed by atoms with Crippen LogP contribution in [0.2, 0.25) is 0 Å². The Morgan fingerprint density at radius 1 is 0.973 bits per heavy atom. The highest BCUT2D eigenvalue weighted by Crippen LogP contribution is 2.32. The predicted octanol–water partition coefficient (Wildman–Crippen LogP) is 5.75. The number of aromatic nitrogens is 7. The van der Waals surface area contributed by atoms with Gasteiger partial charge in [-0.15, -0.1) is 0 Å². The molecule has 0 aliphatic heterocycles. The Bertz CT molecular complexity index is 1720. The summed E-state index contributed by atoms with van der Waals surface area (Å²) in [5.74, 6) is 0.638. The van der Waals surface area contributed by atoms with Crippen molar-refractivity contribution in [2.75, 3.05) is 5.32 Å². The molecule has 0 bridgehead atoms. The first-order valence-corrected chi connectivity index (χ1v) is 12.2. The number of amides is 1. The quantitative estimate of drug-likeness (QED) is 0.263. The number of para-hydroxylation sites is 1. The van der Waals surface area contributed by atoms with E-state index in [9.17, 15) is 4.79 Å². The lowest BCUT2D eigenvalue weighted by Crippen LogP contribution is -2.11. The molecule has 182 valence electrons. The van der Waals surface area contributed by atoms with E-state index in [-0.39, 0.29) is 5.91 Å². The lowest BCUT2D eigenvalue weighted by molar-refractivity contribution is -0.116. The fraction of sp³-hybridized carbons (Fsp3) is 0.143. The van der Waals surface area contributed by atoms with E-state index in [4.69, 9.17) is 4.98 Å². The predicted molar refractivity (Wildman–Crippen MR) is 144 cm³/mol. The van der Waals surface area contributed by atoms with Gasteiger partial charge in [0, 0.05) is 47.9 Å². The molecule has 9 nitrogen and oxygen atoms in total. The number of carbonyl (C=O) groups excluding carboxylic acids is 1. The molecule has 9 heteroatoms. The number of aromatic amines is 2. The molecule has 0 saturated carbocycles. The minimum atomic E-state index is -0.0116. The molecule has 1 aromatic carbocycles. The molecule has 0 unspecified atom stereocenters. The van der Waals surface area contributed by atoms with E-state index in [1.807, 2.05) is 42.5 Å².